The first kappa shape index (κ1) is 93.2. The molecule has 0 fully saturated rings. The number of carboxylic acids is 8. The lowest BCUT2D eigenvalue weighted by Crippen LogP contribution is -2.48. The Kier molecular flexibility index (Phi) is 49.4. The maximum absolute atomic E-state index is 11.4. The number of guanidine groups is 6. The van der Waals surface area contributed by atoms with Crippen LogP contribution in [0.5, 0.6) is 0 Å². The second kappa shape index (κ2) is 49.8. The maximum Gasteiger partial charge on any atom is 0.327 e. The molecule has 0 heterocycles. The smallest absolute Gasteiger partial charge is 0.327 e. The van der Waals surface area contributed by atoms with E-state index in [-0.39, 0.29) is 93.6 Å². The first-order valence-electron chi connectivity index (χ1n) is 25.6. The molecule has 48 nitrogen and oxygen atoms in total. The Labute approximate surface area is 539 Å². The Morgan fingerprint density at radius 3 is 0.840 bits per heavy atom. The third-order valence-corrected chi connectivity index (χ3v) is 10.4. The average molecular weight is 1380 g/mol. The minimum atomic E-state index is -1.50. The summed E-state index contributed by atoms with van der Waals surface area (Å²) < 4.78 is 0. The number of nitrogens with one attached hydrogen (secondary N) is 12. The first-order chi connectivity index (χ1) is 42.9. The minimum Gasteiger partial charge on any atom is -0.481 e. The van der Waals surface area contributed by atoms with Crippen molar-refractivity contribution < 1.29 is 113 Å². The highest BCUT2D eigenvalue weighted by molar-refractivity contribution is 7.80. The van der Waals surface area contributed by atoms with Crippen LogP contribution in [0, 0.1) is 32.5 Å². The van der Waals surface area contributed by atoms with Crippen LogP contribution < -0.4 is 72.0 Å². The van der Waals surface area contributed by atoms with Crippen LogP contribution in [-0.2, 0) is 71.9 Å². The highest BCUT2D eigenvalue weighted by atomic mass is 32.1. The molecule has 5 atom stereocenters. The van der Waals surface area contributed by atoms with Crippen LogP contribution in [0.2, 0.25) is 0 Å². The van der Waals surface area contributed by atoms with E-state index in [9.17, 15) is 71.9 Å². The third kappa shape index (κ3) is 54.2. The number of primary amides is 1. The molecular weight excluding hydrogens is 1290 g/mol. The van der Waals surface area contributed by atoms with Crippen LogP contribution in [0.1, 0.15) is 32.6 Å². The van der Waals surface area contributed by atoms with E-state index >= 15 is 0 Å². The highest BCUT2D eigenvalue weighted by Crippen LogP contribution is 1.99. The molecule has 0 unspecified atom stereocenters. The van der Waals surface area contributed by atoms with Gasteiger partial charge >= 0.3 is 47.8 Å². The van der Waals surface area contributed by atoms with E-state index in [1.807, 2.05) is 5.32 Å². The monoisotopic (exact) mass is 1380 g/mol. The lowest BCUT2D eigenvalue weighted by Gasteiger charge is -2.18. The van der Waals surface area contributed by atoms with Crippen LogP contribution in [0.25, 0.3) is 0 Å². The second-order valence-electron chi connectivity index (χ2n) is 18.5. The molecule has 7 amide bonds. The van der Waals surface area contributed by atoms with Gasteiger partial charge in [-0.2, -0.15) is 12.6 Å². The first-order valence-corrected chi connectivity index (χ1v) is 26.2. The standard InChI is InChI=1S/C9H16N4O5.C8H15N5O4.C8H14N4O5.C7H14N4O3S.C7H14N4O3.C6H12N4O3/c1-13(9(10)11)4-6(14)12-5(8(17)18)2-3-7(15)16;1-13(8(10)11)3-6(15)12-4(7(16)17)2-5(9)14;1-12(8(9)10)3-5(13)11-4(7(16)17)2-6(14)15;1-11(7(8)9)2-5(12)10-4(3-15)6(13)14;1-4(6(13)14)10-5(12)3-11(2)7(8)9;1-10(6(7)8)3-4(11)9-2-5(12)13/h5H,2-4H2,1H3,(H3,10,11)(H,12,14)(H,15,16)(H,17,18);4H,2-3H2,1H3,(H2,9,14)(H3,10,11)(H,12,15)(H,16,17);4H,2-3H2,1H3,(H3,9,10)(H,11,13)(H,14,15)(H,16,17);4,15H,2-3H2,1H3,(H3,8,9)(H,10,12)(H,13,14);4H,3H2,1-2H3,(H3,8,9)(H,10,12)(H,13,14);2-3H2,1H3,(H3,7,8)(H,9,11)(H,12,13)/t5-;4*4-;/m00000./s1. The van der Waals surface area contributed by atoms with Crippen LogP contribution >= 0.6 is 12.6 Å². The quantitative estimate of drug-likeness (QED) is 0.0169. The van der Waals surface area contributed by atoms with Gasteiger partial charge in [0.15, 0.2) is 35.8 Å². The van der Waals surface area contributed by atoms with Gasteiger partial charge in [-0.3, -0.25) is 85.2 Å². The molecule has 0 radical (unpaired) electrons. The van der Waals surface area contributed by atoms with E-state index in [2.05, 4.69) is 39.2 Å². The van der Waals surface area contributed by atoms with E-state index in [0.29, 0.717) is 0 Å². The Morgan fingerprint density at radius 2 is 0.617 bits per heavy atom. The number of hydrogen-bond acceptors (Lipinski definition) is 22. The Morgan fingerprint density at radius 1 is 0.362 bits per heavy atom. The Balaban J connectivity index is -0.000000248. The molecule has 0 saturated carbocycles. The molecule has 0 aliphatic heterocycles. The fraction of sp³-hybridized carbons (Fsp3) is 0.533. The summed E-state index contributed by atoms with van der Waals surface area (Å²) in [5.41, 5.74) is 35.4. The molecule has 534 valence electrons. The molecule has 0 saturated heterocycles. The van der Waals surface area contributed by atoms with E-state index in [0.717, 1.165) is 14.7 Å². The van der Waals surface area contributed by atoms with Gasteiger partial charge in [0.2, 0.25) is 41.4 Å². The van der Waals surface area contributed by atoms with Crippen molar-refractivity contribution in [3.63, 3.8) is 0 Å². The summed E-state index contributed by atoms with van der Waals surface area (Å²) in [5.74, 6) is -16.1. The molecule has 0 aromatic heterocycles. The van der Waals surface area contributed by atoms with Crippen molar-refractivity contribution >= 4 is 137 Å². The van der Waals surface area contributed by atoms with Crippen LogP contribution in [0.4, 0.5) is 0 Å². The summed E-state index contributed by atoms with van der Waals surface area (Å²) in [5, 5.41) is 123. The number of carbonyl (C=O) groups excluding carboxylic acids is 7. The van der Waals surface area contributed by atoms with Crippen molar-refractivity contribution in [3.05, 3.63) is 0 Å². The molecule has 0 aromatic carbocycles. The van der Waals surface area contributed by atoms with Gasteiger partial charge in [0.05, 0.1) is 52.1 Å². The number of hydrogen-bond donors (Lipinski definition) is 28. The molecule has 49 heteroatoms. The largest absolute Gasteiger partial charge is 0.481 e. The van der Waals surface area contributed by atoms with Gasteiger partial charge in [0.1, 0.15) is 36.8 Å². The van der Waals surface area contributed by atoms with Gasteiger partial charge in [0, 0.05) is 54.5 Å². The highest BCUT2D eigenvalue weighted by Gasteiger charge is 2.26. The van der Waals surface area contributed by atoms with E-state index in [4.69, 9.17) is 113 Å². The fourth-order valence-corrected chi connectivity index (χ4v) is 5.08. The predicted octanol–water partition coefficient (Wildman–Crippen LogP) is -11.9. The topological polar surface area (TPSA) is 835 Å². The van der Waals surface area contributed by atoms with Gasteiger partial charge < -0.3 is 142 Å². The summed E-state index contributed by atoms with van der Waals surface area (Å²) >= 11 is 3.78. The van der Waals surface area contributed by atoms with Crippen molar-refractivity contribution in [2.75, 3.05) is 93.9 Å². The number of likely N-dealkylation sites (N-methyl/N-ethyl adjacent to an activating group) is 6. The lowest BCUT2D eigenvalue weighted by atomic mass is 10.1. The lowest BCUT2D eigenvalue weighted by molar-refractivity contribution is -0.147. The summed E-state index contributed by atoms with van der Waals surface area (Å²) in [6, 6.07) is -6.11. The van der Waals surface area contributed by atoms with Crippen molar-refractivity contribution in [2.45, 2.75) is 62.8 Å². The molecule has 94 heavy (non-hydrogen) atoms. The van der Waals surface area contributed by atoms with Crippen LogP contribution in [-0.4, -0.2) is 319 Å². The predicted molar refractivity (Wildman–Crippen MR) is 328 cm³/mol. The molecular formula is C45H85N25O23S. The molecule has 0 aromatic rings. The van der Waals surface area contributed by atoms with E-state index in [1.54, 1.807) is 0 Å². The number of carboxylic acid groups (broad SMARTS) is 8. The van der Waals surface area contributed by atoms with Gasteiger partial charge in [-0.1, -0.05) is 0 Å². The number of aliphatic carboxylic acids is 8. The maximum atomic E-state index is 11.4. The summed E-state index contributed by atoms with van der Waals surface area (Å²) in [6.07, 6.45) is -1.78. The normalized spacial score (nSPS) is 11.1. The Bertz CT molecular complexity index is 2620. The van der Waals surface area contributed by atoms with E-state index in [1.165, 1.54) is 63.9 Å². The van der Waals surface area contributed by atoms with Crippen molar-refractivity contribution in [3.8, 4) is 0 Å². The number of amides is 7. The number of rotatable bonds is 32. The minimum absolute atomic E-state index is 0.00482. The van der Waals surface area contributed by atoms with Crippen molar-refractivity contribution in [1.29, 1.82) is 32.5 Å². The number of thiol groups is 1. The van der Waals surface area contributed by atoms with E-state index < -0.39 is 139 Å². The molecule has 0 spiro atoms. The number of carbonyl (C=O) groups is 15. The SMILES string of the molecule is CN(CC(=O)NCC(=O)O)C(=N)N.CN(CC(=O)N[C@@H](CC(=O)O)C(=O)O)C(=N)N.CN(CC(=O)N[C@@H](CC(N)=O)C(=O)O)C(=N)N.CN(CC(=O)N[C@@H](CCC(=O)O)C(=O)O)C(=N)N.CN(CC(=O)N[C@@H](CS)C(=O)O)C(=N)N.C[C@H](NC(=O)CN(C)C(=N)N)C(=O)O. The van der Waals surface area contributed by atoms with Crippen molar-refractivity contribution in [1.82, 2.24) is 61.3 Å². The molecule has 0 aliphatic rings. The zero-order valence-electron chi connectivity index (χ0n) is 51.7. The third-order valence-electron chi connectivity index (χ3n) is 10.1. The zero-order chi connectivity index (χ0) is 75.2. The molecule has 0 rings (SSSR count). The average Bonchev–Trinajstić information content (AvgIpc) is 1.43. The summed E-state index contributed by atoms with van der Waals surface area (Å²) in [4.78, 5) is 168. The van der Waals surface area contributed by atoms with Gasteiger partial charge in [-0.25, -0.2) is 19.2 Å². The molecule has 34 N–H and O–H groups in total. The fourth-order valence-electron chi connectivity index (χ4n) is 4.83. The Hall–Kier alpha value is -12.0. The second-order valence-corrected chi connectivity index (χ2v) is 18.8. The zero-order valence-corrected chi connectivity index (χ0v) is 52.6. The molecule has 0 bridgehead atoms. The molecule has 0 aliphatic carbocycles. The van der Waals surface area contributed by atoms with Crippen LogP contribution in [0.3, 0.4) is 0 Å². The van der Waals surface area contributed by atoms with Gasteiger partial charge in [-0.15, -0.1) is 0 Å². The summed E-state index contributed by atoms with van der Waals surface area (Å²) in [6.45, 7) is -0.357. The number of nitrogens with two attached hydrogens (primary N) is 7. The van der Waals surface area contributed by atoms with Gasteiger partial charge in [0.25, 0.3) is 0 Å². The van der Waals surface area contributed by atoms with Gasteiger partial charge in [-0.05, 0) is 13.3 Å². The van der Waals surface area contributed by atoms with Crippen molar-refractivity contribution in [2.24, 2.45) is 40.1 Å². The number of nitrogens with zero attached hydrogens (tertiary/aromatic N) is 6. The summed E-state index contributed by atoms with van der Waals surface area (Å²) in [7, 11) is 8.55. The van der Waals surface area contributed by atoms with Crippen LogP contribution in [0.15, 0.2) is 0 Å².